The number of allylic oxidation sites excluding steroid dienone is 2. The van der Waals surface area contributed by atoms with Crippen LogP contribution in [-0.4, -0.2) is 16.2 Å². The summed E-state index contributed by atoms with van der Waals surface area (Å²) in [7, 11) is 0. The summed E-state index contributed by atoms with van der Waals surface area (Å²) in [5.41, 5.74) is 12.6. The molecule has 0 bridgehead atoms. The summed E-state index contributed by atoms with van der Waals surface area (Å²) in [5, 5.41) is 2.44. The van der Waals surface area contributed by atoms with Crippen molar-refractivity contribution < 1.29 is 4.74 Å². The average Bonchev–Trinajstić information content (AvgIpc) is 3.81. The van der Waals surface area contributed by atoms with Crippen molar-refractivity contribution in [1.29, 1.82) is 0 Å². The largest absolute Gasteiger partial charge is 0.457 e. The Morgan fingerprint density at radius 3 is 1.62 bits per heavy atom. The number of benzene rings is 5. The molecule has 7 aromatic rings. The topological polar surface area (TPSA) is 33.5 Å². The fraction of sp³-hybridized carbons (Fsp3) is 0.393. The van der Waals surface area contributed by atoms with E-state index in [0.29, 0.717) is 6.67 Å². The maximum Gasteiger partial charge on any atom is 0.137 e. The molecule has 0 fully saturated rings. The van der Waals surface area contributed by atoms with E-state index in [9.17, 15) is 0 Å². The van der Waals surface area contributed by atoms with E-state index in [1.54, 1.807) is 0 Å². The van der Waals surface area contributed by atoms with Gasteiger partial charge in [0, 0.05) is 68.1 Å². The maximum absolute atomic E-state index is 7.35. The number of pyridine rings is 1. The number of rotatable bonds is 7. The van der Waals surface area contributed by atoms with Crippen LogP contribution in [0, 0.1) is 10.8 Å². The number of fused-ring (bicyclic) bond motifs is 3. The van der Waals surface area contributed by atoms with Crippen LogP contribution in [0.4, 0.5) is 11.4 Å². The minimum atomic E-state index is -0.328. The molecule has 1 aliphatic rings. The summed E-state index contributed by atoms with van der Waals surface area (Å²) < 4.78 is 9.69. The average molecular weight is 879 g/mol. The molecule has 344 valence electrons. The lowest BCUT2D eigenvalue weighted by molar-refractivity contribution is 0.444. The minimum absolute atomic E-state index is 0.0225. The lowest BCUT2D eigenvalue weighted by Gasteiger charge is -2.35. The number of ether oxygens (including phenoxy) is 1. The molecule has 5 heteroatoms. The molecule has 0 saturated heterocycles. The normalized spacial score (nSPS) is 14.6. The minimum Gasteiger partial charge on any atom is -0.457 e. The van der Waals surface area contributed by atoms with Crippen LogP contribution in [0.1, 0.15) is 146 Å². The van der Waals surface area contributed by atoms with Gasteiger partial charge in [0.1, 0.15) is 17.3 Å². The van der Waals surface area contributed by atoms with Crippen molar-refractivity contribution >= 4 is 33.2 Å². The third kappa shape index (κ3) is 8.78. The highest BCUT2D eigenvalue weighted by Crippen LogP contribution is 2.50. The molecule has 5 nitrogen and oxygen atoms in total. The van der Waals surface area contributed by atoms with Crippen molar-refractivity contribution in [2.45, 2.75) is 139 Å². The second-order valence-electron chi connectivity index (χ2n) is 24.4. The quantitative estimate of drug-likeness (QED) is 0.160. The molecule has 3 heterocycles. The molecule has 1 aliphatic heterocycles. The molecule has 0 aliphatic carbocycles. The number of hydrogen-bond acceptors (Lipinski definition) is 4. The van der Waals surface area contributed by atoms with Crippen LogP contribution in [-0.2, 0) is 21.7 Å². The van der Waals surface area contributed by atoms with Crippen LogP contribution in [0.15, 0.2) is 139 Å². The summed E-state index contributed by atoms with van der Waals surface area (Å²) in [6.45, 7) is 40.1. The Labute approximate surface area is 396 Å². The first-order chi connectivity index (χ1) is 30.6. The van der Waals surface area contributed by atoms with Gasteiger partial charge in [0.2, 0.25) is 0 Å². The number of nitrogens with zero attached hydrogens (tertiary/aromatic N) is 4. The van der Waals surface area contributed by atoms with E-state index in [1.165, 1.54) is 55.7 Å². The first kappa shape index (κ1) is 46.7. The first-order valence-electron chi connectivity index (χ1n) is 24.0. The molecule has 0 amide bonds. The lowest BCUT2D eigenvalue weighted by Crippen LogP contribution is -2.31. The number of aromatic nitrogens is 2. The molecule has 66 heavy (non-hydrogen) atoms. The molecule has 0 unspecified atom stereocenters. The smallest absolute Gasteiger partial charge is 0.137 e. The van der Waals surface area contributed by atoms with Gasteiger partial charge < -0.3 is 14.5 Å². The monoisotopic (exact) mass is 879 g/mol. The zero-order valence-corrected chi connectivity index (χ0v) is 43.0. The maximum atomic E-state index is 7.35. The van der Waals surface area contributed by atoms with Crippen molar-refractivity contribution in [3.63, 3.8) is 0 Å². The van der Waals surface area contributed by atoms with Crippen molar-refractivity contribution in [2.75, 3.05) is 16.5 Å². The fourth-order valence-electron chi connectivity index (χ4n) is 9.91. The van der Waals surface area contributed by atoms with Crippen LogP contribution in [0.25, 0.3) is 27.6 Å². The third-order valence-electron chi connectivity index (χ3n) is 13.5. The third-order valence-corrected chi connectivity index (χ3v) is 13.5. The van der Waals surface area contributed by atoms with Crippen LogP contribution in [0.3, 0.4) is 0 Å². The Kier molecular flexibility index (Phi) is 11.5. The van der Waals surface area contributed by atoms with Gasteiger partial charge in [0.25, 0.3) is 0 Å². The second kappa shape index (κ2) is 16.2. The van der Waals surface area contributed by atoms with Crippen LogP contribution >= 0.6 is 0 Å². The Morgan fingerprint density at radius 1 is 0.439 bits per heavy atom. The van der Waals surface area contributed by atoms with Gasteiger partial charge in [-0.25, -0.2) is 4.98 Å². The van der Waals surface area contributed by atoms with E-state index < -0.39 is 0 Å². The zero-order chi connectivity index (χ0) is 47.9. The van der Waals surface area contributed by atoms with Gasteiger partial charge in [-0.3, -0.25) is 4.57 Å². The second-order valence-corrected chi connectivity index (χ2v) is 24.4. The van der Waals surface area contributed by atoms with E-state index in [-0.39, 0.29) is 32.5 Å². The highest BCUT2D eigenvalue weighted by atomic mass is 16.5. The van der Waals surface area contributed by atoms with Gasteiger partial charge in [-0.2, -0.15) is 0 Å². The molecule has 0 radical (unpaired) electrons. The Bertz CT molecular complexity index is 2970. The Morgan fingerprint density at radius 2 is 1.00 bits per heavy atom. The van der Waals surface area contributed by atoms with Gasteiger partial charge in [-0.15, -0.1) is 0 Å². The van der Waals surface area contributed by atoms with Gasteiger partial charge in [-0.05, 0) is 92.6 Å². The van der Waals surface area contributed by atoms with Crippen molar-refractivity contribution in [2.24, 2.45) is 10.8 Å². The van der Waals surface area contributed by atoms with Crippen molar-refractivity contribution in [1.82, 2.24) is 9.55 Å². The lowest BCUT2D eigenvalue weighted by atomic mass is 9.77. The molecule has 0 atom stereocenters. The number of para-hydroxylation sites is 1. The Balaban J connectivity index is 1.36. The van der Waals surface area contributed by atoms with E-state index in [1.807, 2.05) is 6.20 Å². The predicted octanol–water partition coefficient (Wildman–Crippen LogP) is 16.8. The standard InChI is InChI=1S/C61H74N4O/c1-56(2,3)41-26-23-27-44(32-41)63-39-64(55(60(13,14)15)54(63)59(10,11)12)45-33-43(61(16,17)40-24-19-18-20-25-40)34-46(36-45)66-47-37-49(58(7,8)9)53-48-28-21-22-29-50(48)65(51(53)38-47)52-35-42(30-31-62-52)57(4,5)6/h18-38H,39H2,1-17H3. The van der Waals surface area contributed by atoms with Crippen LogP contribution < -0.4 is 14.5 Å². The Hall–Kier alpha value is -5.81. The van der Waals surface area contributed by atoms with Crippen molar-refractivity contribution in [3.8, 4) is 17.3 Å². The summed E-state index contributed by atoms with van der Waals surface area (Å²) in [6, 6.07) is 44.7. The van der Waals surface area contributed by atoms with Crippen LogP contribution in [0.2, 0.25) is 0 Å². The molecular formula is C61H74N4O. The van der Waals surface area contributed by atoms with E-state index in [2.05, 4.69) is 253 Å². The molecule has 8 rings (SSSR count). The number of hydrogen-bond donors (Lipinski definition) is 0. The zero-order valence-electron chi connectivity index (χ0n) is 43.0. The van der Waals surface area contributed by atoms with Gasteiger partial charge in [0.05, 0.1) is 17.7 Å². The summed E-state index contributed by atoms with van der Waals surface area (Å²) in [6.07, 6.45) is 1.95. The summed E-state index contributed by atoms with van der Waals surface area (Å²) in [4.78, 5) is 10.2. The highest BCUT2D eigenvalue weighted by Gasteiger charge is 2.42. The summed E-state index contributed by atoms with van der Waals surface area (Å²) in [5.74, 6) is 2.51. The fourth-order valence-corrected chi connectivity index (χ4v) is 9.91. The van der Waals surface area contributed by atoms with E-state index in [4.69, 9.17) is 9.72 Å². The first-order valence-corrected chi connectivity index (χ1v) is 24.0. The van der Waals surface area contributed by atoms with E-state index >= 15 is 0 Å². The van der Waals surface area contributed by atoms with Gasteiger partial charge >= 0.3 is 0 Å². The molecule has 0 saturated carbocycles. The molecule has 5 aromatic carbocycles. The molecule has 0 N–H and O–H groups in total. The summed E-state index contributed by atoms with van der Waals surface area (Å²) >= 11 is 0. The highest BCUT2D eigenvalue weighted by molar-refractivity contribution is 6.11. The molecular weight excluding hydrogens is 805 g/mol. The van der Waals surface area contributed by atoms with E-state index in [0.717, 1.165) is 34.0 Å². The van der Waals surface area contributed by atoms with Crippen LogP contribution in [0.5, 0.6) is 11.5 Å². The molecule has 2 aromatic heterocycles. The van der Waals surface area contributed by atoms with Gasteiger partial charge in [0.15, 0.2) is 0 Å². The number of anilines is 2. The molecule has 0 spiro atoms. The predicted molar refractivity (Wildman–Crippen MR) is 282 cm³/mol. The SMILES string of the molecule is CC(C)(C)C1=C(C(C)(C)C)N(c2cc(Oc3cc(C(C)(C)C)c4c5ccccc5n(-c5cc(C(C)(C)C)ccn5)c4c3)cc(C(C)(C)c3ccccc3)c2)CN1c1cccc(C(C)(C)C)c1. The van der Waals surface area contributed by atoms with Crippen molar-refractivity contribution in [3.05, 3.63) is 167 Å². The van der Waals surface area contributed by atoms with Gasteiger partial charge in [-0.1, -0.05) is 178 Å².